The monoisotopic (exact) mass is 471 g/mol. The van der Waals surface area contributed by atoms with Crippen molar-refractivity contribution in [1.82, 2.24) is 19.9 Å². The molecule has 4 aromatic rings. The zero-order chi connectivity index (χ0) is 24.0. The molecule has 8 nitrogen and oxygen atoms in total. The summed E-state index contributed by atoms with van der Waals surface area (Å²) in [7, 11) is 0. The Morgan fingerprint density at radius 3 is 2.51 bits per heavy atom. The second-order valence-electron chi connectivity index (χ2n) is 8.62. The first kappa shape index (κ1) is 22.9. The van der Waals surface area contributed by atoms with Gasteiger partial charge >= 0.3 is 0 Å². The van der Waals surface area contributed by atoms with Gasteiger partial charge in [0.2, 0.25) is 0 Å². The summed E-state index contributed by atoms with van der Waals surface area (Å²) in [4.78, 5) is 19.5. The van der Waals surface area contributed by atoms with E-state index in [-0.39, 0.29) is 19.1 Å². The summed E-state index contributed by atoms with van der Waals surface area (Å²) < 4.78 is 7.73. The van der Waals surface area contributed by atoms with Crippen LogP contribution in [0.5, 0.6) is 5.75 Å². The average Bonchev–Trinajstić information content (AvgIpc) is 3.36. The molecular formula is C27H29N5O3. The van der Waals surface area contributed by atoms with Crippen LogP contribution >= 0.6 is 0 Å². The number of hydrogen-bond acceptors (Lipinski definition) is 6. The van der Waals surface area contributed by atoms with E-state index in [1.807, 2.05) is 60.8 Å². The van der Waals surface area contributed by atoms with Crippen molar-refractivity contribution >= 4 is 17.4 Å². The van der Waals surface area contributed by atoms with Crippen LogP contribution in [0.25, 0.3) is 16.8 Å². The SMILES string of the molecule is O=C(NCCO)c1cnn2c(N3CCCCC3)c(-c3ccc(OCc4ccccc4)cc3)cnc12. The quantitative estimate of drug-likeness (QED) is 0.407. The van der Waals surface area contributed by atoms with Crippen LogP contribution in [0.1, 0.15) is 35.2 Å². The Bertz CT molecular complexity index is 1280. The van der Waals surface area contributed by atoms with E-state index >= 15 is 0 Å². The molecule has 35 heavy (non-hydrogen) atoms. The van der Waals surface area contributed by atoms with Crippen molar-refractivity contribution in [3.63, 3.8) is 0 Å². The van der Waals surface area contributed by atoms with E-state index in [1.165, 1.54) is 6.42 Å². The van der Waals surface area contributed by atoms with Gasteiger partial charge in [-0.25, -0.2) is 4.98 Å². The lowest BCUT2D eigenvalue weighted by Gasteiger charge is -2.30. The van der Waals surface area contributed by atoms with Crippen molar-refractivity contribution in [2.24, 2.45) is 0 Å². The molecule has 1 amide bonds. The number of aliphatic hydroxyl groups is 1. The van der Waals surface area contributed by atoms with Crippen LogP contribution in [-0.4, -0.2) is 51.9 Å². The van der Waals surface area contributed by atoms with Gasteiger partial charge in [0.1, 0.15) is 23.7 Å². The number of piperidine rings is 1. The lowest BCUT2D eigenvalue weighted by atomic mass is 10.1. The molecule has 1 aliphatic rings. The maximum atomic E-state index is 12.6. The lowest BCUT2D eigenvalue weighted by molar-refractivity contribution is 0.0946. The van der Waals surface area contributed by atoms with Crippen LogP contribution in [0, 0.1) is 0 Å². The molecule has 0 aliphatic carbocycles. The molecule has 0 atom stereocenters. The highest BCUT2D eigenvalue weighted by Gasteiger charge is 2.23. The molecule has 180 valence electrons. The summed E-state index contributed by atoms with van der Waals surface area (Å²) in [5, 5.41) is 16.3. The number of nitrogens with zero attached hydrogens (tertiary/aromatic N) is 4. The molecule has 8 heteroatoms. The van der Waals surface area contributed by atoms with Crippen LogP contribution < -0.4 is 15.0 Å². The Kier molecular flexibility index (Phi) is 6.90. The minimum absolute atomic E-state index is 0.118. The summed E-state index contributed by atoms with van der Waals surface area (Å²) in [5.41, 5.74) is 3.99. The molecule has 0 spiro atoms. The van der Waals surface area contributed by atoms with E-state index in [4.69, 9.17) is 9.84 Å². The van der Waals surface area contributed by atoms with Crippen molar-refractivity contribution in [2.45, 2.75) is 25.9 Å². The normalized spacial score (nSPS) is 13.7. The Morgan fingerprint density at radius 1 is 1.00 bits per heavy atom. The van der Waals surface area contributed by atoms with Gasteiger partial charge in [0.05, 0.1) is 12.8 Å². The molecule has 1 aliphatic heterocycles. The van der Waals surface area contributed by atoms with Gasteiger partial charge in [0.25, 0.3) is 5.91 Å². The first-order valence-electron chi connectivity index (χ1n) is 12.0. The van der Waals surface area contributed by atoms with Gasteiger partial charge in [-0.3, -0.25) is 4.79 Å². The van der Waals surface area contributed by atoms with Crippen LogP contribution in [0.4, 0.5) is 5.82 Å². The number of nitrogens with one attached hydrogen (secondary N) is 1. The maximum absolute atomic E-state index is 12.6. The predicted octanol–water partition coefficient (Wildman–Crippen LogP) is 3.69. The van der Waals surface area contributed by atoms with Gasteiger partial charge < -0.3 is 20.1 Å². The Morgan fingerprint density at radius 2 is 1.77 bits per heavy atom. The standard InChI is InChI=1S/C27H29N5O3/c33-16-13-28-26(34)24-18-30-32-25(24)29-17-23(27(32)31-14-5-2-6-15-31)21-9-11-22(12-10-21)35-19-20-7-3-1-4-8-20/h1,3-4,7-12,17-18,33H,2,5-6,13-16,19H2,(H,28,34). The maximum Gasteiger partial charge on any atom is 0.256 e. The number of benzene rings is 2. The van der Waals surface area contributed by atoms with Gasteiger partial charge in [0.15, 0.2) is 5.65 Å². The summed E-state index contributed by atoms with van der Waals surface area (Å²) >= 11 is 0. The molecule has 0 unspecified atom stereocenters. The fourth-order valence-corrected chi connectivity index (χ4v) is 4.43. The van der Waals surface area contributed by atoms with Crippen LogP contribution in [-0.2, 0) is 6.61 Å². The number of carbonyl (C=O) groups excluding carboxylic acids is 1. The number of aliphatic hydroxyl groups excluding tert-OH is 1. The van der Waals surface area contributed by atoms with Crippen LogP contribution in [0.15, 0.2) is 67.0 Å². The van der Waals surface area contributed by atoms with Gasteiger partial charge in [-0.1, -0.05) is 42.5 Å². The summed E-state index contributed by atoms with van der Waals surface area (Å²) in [6.07, 6.45) is 6.80. The zero-order valence-electron chi connectivity index (χ0n) is 19.6. The fourth-order valence-electron chi connectivity index (χ4n) is 4.43. The number of aromatic nitrogens is 3. The average molecular weight is 472 g/mol. The van der Waals surface area contributed by atoms with Gasteiger partial charge in [0, 0.05) is 31.4 Å². The highest BCUT2D eigenvalue weighted by atomic mass is 16.5. The smallest absolute Gasteiger partial charge is 0.256 e. The Labute approximate surface area is 204 Å². The third-order valence-electron chi connectivity index (χ3n) is 6.21. The molecule has 0 saturated carbocycles. The van der Waals surface area contributed by atoms with Crippen molar-refractivity contribution in [1.29, 1.82) is 0 Å². The predicted molar refractivity (Wildman–Crippen MR) is 135 cm³/mol. The Balaban J connectivity index is 1.47. The molecule has 2 aromatic carbocycles. The molecule has 1 saturated heterocycles. The van der Waals surface area contributed by atoms with E-state index in [9.17, 15) is 4.79 Å². The minimum Gasteiger partial charge on any atom is -0.489 e. The summed E-state index contributed by atoms with van der Waals surface area (Å²) in [6, 6.07) is 18.1. The summed E-state index contributed by atoms with van der Waals surface area (Å²) in [5.74, 6) is 1.45. The largest absolute Gasteiger partial charge is 0.489 e. The minimum atomic E-state index is -0.293. The first-order valence-corrected chi connectivity index (χ1v) is 12.0. The number of amides is 1. The number of rotatable bonds is 8. The highest BCUT2D eigenvalue weighted by Crippen LogP contribution is 2.34. The number of anilines is 1. The second kappa shape index (κ2) is 10.6. The number of hydrogen-bond donors (Lipinski definition) is 2. The molecule has 2 aromatic heterocycles. The topological polar surface area (TPSA) is 92.0 Å². The van der Waals surface area contributed by atoms with Gasteiger partial charge in [-0.15, -0.1) is 0 Å². The lowest BCUT2D eigenvalue weighted by Crippen LogP contribution is -2.32. The Hall–Kier alpha value is -3.91. The van der Waals surface area contributed by atoms with Crippen LogP contribution in [0.2, 0.25) is 0 Å². The molecule has 1 fully saturated rings. The molecule has 2 N–H and O–H groups in total. The number of ether oxygens (including phenoxy) is 1. The van der Waals surface area contributed by atoms with Crippen LogP contribution in [0.3, 0.4) is 0 Å². The molecule has 5 rings (SSSR count). The highest BCUT2D eigenvalue weighted by molar-refractivity contribution is 6.00. The molecular weight excluding hydrogens is 442 g/mol. The van der Waals surface area contributed by atoms with E-state index in [1.54, 1.807) is 10.7 Å². The zero-order valence-corrected chi connectivity index (χ0v) is 19.6. The van der Waals surface area contributed by atoms with Crippen molar-refractivity contribution < 1.29 is 14.6 Å². The molecule has 0 bridgehead atoms. The van der Waals surface area contributed by atoms with Crippen molar-refractivity contribution in [3.05, 3.63) is 78.1 Å². The first-order chi connectivity index (χ1) is 17.2. The van der Waals surface area contributed by atoms with Gasteiger partial charge in [-0.05, 0) is 42.5 Å². The third-order valence-corrected chi connectivity index (χ3v) is 6.21. The van der Waals surface area contributed by atoms with Crippen molar-refractivity contribution in [3.8, 4) is 16.9 Å². The number of carbonyl (C=O) groups is 1. The van der Waals surface area contributed by atoms with E-state index in [0.717, 1.165) is 54.2 Å². The molecule has 3 heterocycles. The second-order valence-corrected chi connectivity index (χ2v) is 8.62. The molecule has 0 radical (unpaired) electrons. The van der Waals surface area contributed by atoms with Gasteiger partial charge in [-0.2, -0.15) is 9.61 Å². The summed E-state index contributed by atoms with van der Waals surface area (Å²) in [6.45, 7) is 2.44. The fraction of sp³-hybridized carbons (Fsp3) is 0.296. The van der Waals surface area contributed by atoms with E-state index in [0.29, 0.717) is 17.8 Å². The van der Waals surface area contributed by atoms with E-state index in [2.05, 4.69) is 20.3 Å². The van der Waals surface area contributed by atoms with E-state index < -0.39 is 0 Å². The third kappa shape index (κ3) is 4.97. The van der Waals surface area contributed by atoms with Crippen molar-refractivity contribution in [2.75, 3.05) is 31.1 Å². The number of fused-ring (bicyclic) bond motifs is 1.